The summed E-state index contributed by atoms with van der Waals surface area (Å²) in [7, 11) is 0. The fourth-order valence-corrected chi connectivity index (χ4v) is 1.69. The molecule has 0 aliphatic carbocycles. The molecule has 3 heterocycles. The van der Waals surface area contributed by atoms with Crippen molar-refractivity contribution in [2.75, 3.05) is 6.54 Å². The summed E-state index contributed by atoms with van der Waals surface area (Å²) in [4.78, 5) is 11.9. The molecule has 13 heavy (non-hydrogen) atoms. The fraction of sp³-hybridized carbons (Fsp3) is 0.714. The maximum absolute atomic E-state index is 10.7. The van der Waals surface area contributed by atoms with Crippen molar-refractivity contribution in [1.82, 2.24) is 10.2 Å². The van der Waals surface area contributed by atoms with E-state index in [1.165, 1.54) is 0 Å². The Morgan fingerprint density at radius 1 is 1.77 bits per heavy atom. The number of nitro groups is 1. The molecule has 3 rings (SSSR count). The van der Waals surface area contributed by atoms with E-state index in [0.29, 0.717) is 12.4 Å². The maximum atomic E-state index is 10.7. The summed E-state index contributed by atoms with van der Waals surface area (Å²) in [6.07, 6.45) is 0.852. The summed E-state index contributed by atoms with van der Waals surface area (Å²) in [5.41, 5.74) is 0. The zero-order chi connectivity index (χ0) is 9.64. The lowest BCUT2D eigenvalue weighted by molar-refractivity contribution is -0.446. The Labute approximate surface area is 75.3 Å². The lowest BCUT2D eigenvalue weighted by atomic mass is 10.3. The van der Waals surface area contributed by atoms with Crippen LogP contribution in [-0.2, 0) is 4.74 Å². The molecule has 1 N–H and O–H groups in total. The van der Waals surface area contributed by atoms with Crippen LogP contribution in [0.15, 0.2) is 11.7 Å². The Morgan fingerprint density at radius 3 is 2.85 bits per heavy atom. The quantitative estimate of drug-likeness (QED) is 0.509. The second kappa shape index (κ2) is 2.27. The van der Waals surface area contributed by atoms with Gasteiger partial charge in [0.25, 0.3) is 5.88 Å². The van der Waals surface area contributed by atoms with Gasteiger partial charge in [-0.05, 0) is 11.3 Å². The molecule has 0 aromatic carbocycles. The lowest BCUT2D eigenvalue weighted by Gasteiger charge is -2.34. The van der Waals surface area contributed by atoms with Crippen LogP contribution in [0.4, 0.5) is 0 Å². The van der Waals surface area contributed by atoms with Gasteiger partial charge in [-0.15, -0.1) is 0 Å². The lowest BCUT2D eigenvalue weighted by Crippen LogP contribution is -2.58. The van der Waals surface area contributed by atoms with Gasteiger partial charge in [0.15, 0.2) is 0 Å². The van der Waals surface area contributed by atoms with Crippen LogP contribution in [-0.4, -0.2) is 22.2 Å². The highest BCUT2D eigenvalue weighted by atomic mass is 16.7. The molecule has 1 unspecified atom stereocenters. The summed E-state index contributed by atoms with van der Waals surface area (Å²) in [5.74, 6) is -0.321. The number of ether oxygens (including phenoxy) is 1. The molecule has 0 saturated carbocycles. The SMILES string of the molecule is CCCN1C([N+](=O)[O-])=C2NC1(C)O2. The monoisotopic (exact) mass is 185 g/mol. The largest absolute Gasteiger partial charge is 0.409 e. The van der Waals surface area contributed by atoms with E-state index in [2.05, 4.69) is 5.32 Å². The predicted molar refractivity (Wildman–Crippen MR) is 43.6 cm³/mol. The zero-order valence-electron chi connectivity index (χ0n) is 7.53. The Hall–Kier alpha value is -1.46. The van der Waals surface area contributed by atoms with Gasteiger partial charge in [0, 0.05) is 6.92 Å². The topological polar surface area (TPSA) is 67.6 Å². The van der Waals surface area contributed by atoms with Gasteiger partial charge in [-0.1, -0.05) is 6.92 Å². The molecule has 72 valence electrons. The molecule has 1 saturated heterocycles. The van der Waals surface area contributed by atoms with E-state index in [0.717, 1.165) is 6.42 Å². The van der Waals surface area contributed by atoms with Crippen molar-refractivity contribution in [3.8, 4) is 0 Å². The fourth-order valence-electron chi connectivity index (χ4n) is 1.69. The Morgan fingerprint density at radius 2 is 2.38 bits per heavy atom. The van der Waals surface area contributed by atoms with Crippen LogP contribution in [0.5, 0.6) is 0 Å². The van der Waals surface area contributed by atoms with Crippen molar-refractivity contribution < 1.29 is 9.66 Å². The van der Waals surface area contributed by atoms with Crippen LogP contribution in [0, 0.1) is 10.1 Å². The van der Waals surface area contributed by atoms with Gasteiger partial charge in [-0.25, -0.2) is 0 Å². The van der Waals surface area contributed by atoms with Crippen LogP contribution >= 0.6 is 0 Å². The van der Waals surface area contributed by atoms with Crippen molar-refractivity contribution in [2.45, 2.75) is 26.1 Å². The van der Waals surface area contributed by atoms with Crippen molar-refractivity contribution in [3.05, 3.63) is 21.8 Å². The van der Waals surface area contributed by atoms with Crippen LogP contribution in [0.3, 0.4) is 0 Å². The number of rotatable bonds is 3. The third kappa shape index (κ3) is 0.881. The summed E-state index contributed by atoms with van der Waals surface area (Å²) in [5, 5.41) is 13.6. The first-order valence-corrected chi connectivity index (χ1v) is 4.22. The van der Waals surface area contributed by atoms with Gasteiger partial charge in [-0.3, -0.25) is 5.32 Å². The molecular weight excluding hydrogens is 174 g/mol. The molecule has 0 radical (unpaired) electrons. The summed E-state index contributed by atoms with van der Waals surface area (Å²) >= 11 is 0. The summed E-state index contributed by atoms with van der Waals surface area (Å²) in [6, 6.07) is 0. The average molecular weight is 185 g/mol. The molecule has 6 heteroatoms. The van der Waals surface area contributed by atoms with Gasteiger partial charge >= 0.3 is 11.7 Å². The molecule has 0 aromatic rings. The maximum Gasteiger partial charge on any atom is 0.383 e. The second-order valence-electron chi connectivity index (χ2n) is 3.27. The molecule has 0 spiro atoms. The summed E-state index contributed by atoms with van der Waals surface area (Å²) < 4.78 is 5.23. The van der Waals surface area contributed by atoms with E-state index in [9.17, 15) is 10.1 Å². The zero-order valence-corrected chi connectivity index (χ0v) is 7.53. The number of hydrogen-bond acceptors (Lipinski definition) is 5. The van der Waals surface area contributed by atoms with Crippen LogP contribution in [0.1, 0.15) is 20.3 Å². The number of nitrogens with zero attached hydrogens (tertiary/aromatic N) is 2. The van der Waals surface area contributed by atoms with E-state index in [1.807, 2.05) is 6.92 Å². The molecule has 0 amide bonds. The molecule has 2 bridgehead atoms. The first-order chi connectivity index (χ1) is 6.08. The molecule has 1 atom stereocenters. The van der Waals surface area contributed by atoms with Crippen LogP contribution in [0.25, 0.3) is 0 Å². The Balaban J connectivity index is 2.25. The highest BCUT2D eigenvalue weighted by Gasteiger charge is 2.62. The number of hydrogen-bond donors (Lipinski definition) is 1. The molecule has 6 nitrogen and oxygen atoms in total. The molecule has 3 aliphatic heterocycles. The smallest absolute Gasteiger partial charge is 0.383 e. The standard InChI is InChI=1S/C7H11N3O3/c1-3-4-9-6(10(11)12)5-8-7(9,2)13-5/h8H,3-4H2,1-2H3. The predicted octanol–water partition coefficient (Wildman–Crippen LogP) is 0.409. The normalized spacial score (nSPS) is 29.5. The van der Waals surface area contributed by atoms with Crippen LogP contribution in [0.2, 0.25) is 0 Å². The molecule has 0 aromatic heterocycles. The van der Waals surface area contributed by atoms with E-state index >= 15 is 0 Å². The van der Waals surface area contributed by atoms with E-state index in [4.69, 9.17) is 4.74 Å². The van der Waals surface area contributed by atoms with Gasteiger partial charge < -0.3 is 14.9 Å². The second-order valence-corrected chi connectivity index (χ2v) is 3.27. The molecular formula is C7H11N3O3. The minimum Gasteiger partial charge on any atom is -0.409 e. The minimum atomic E-state index is -0.673. The number of fused-ring (bicyclic) bond motifs is 1. The van der Waals surface area contributed by atoms with Gasteiger partial charge in [0.1, 0.15) is 0 Å². The first-order valence-electron chi connectivity index (χ1n) is 4.22. The highest BCUT2D eigenvalue weighted by molar-refractivity contribution is 5.19. The minimum absolute atomic E-state index is 0.0596. The van der Waals surface area contributed by atoms with Gasteiger partial charge in [-0.2, -0.15) is 4.90 Å². The third-order valence-corrected chi connectivity index (χ3v) is 2.24. The van der Waals surface area contributed by atoms with E-state index in [1.54, 1.807) is 11.8 Å². The van der Waals surface area contributed by atoms with Crippen molar-refractivity contribution in [1.29, 1.82) is 0 Å². The Kier molecular flexibility index (Phi) is 1.43. The van der Waals surface area contributed by atoms with Crippen LogP contribution < -0.4 is 5.32 Å². The summed E-state index contributed by atoms with van der Waals surface area (Å²) in [6.45, 7) is 4.38. The van der Waals surface area contributed by atoms with Gasteiger partial charge in [0.2, 0.25) is 0 Å². The van der Waals surface area contributed by atoms with E-state index in [-0.39, 0.29) is 5.82 Å². The van der Waals surface area contributed by atoms with Crippen molar-refractivity contribution >= 4 is 0 Å². The van der Waals surface area contributed by atoms with Gasteiger partial charge in [0.05, 0.1) is 6.54 Å². The Bertz CT molecular complexity index is 291. The van der Waals surface area contributed by atoms with E-state index < -0.39 is 10.8 Å². The molecule has 1 fully saturated rings. The first kappa shape index (κ1) is 8.15. The number of nitrogens with one attached hydrogen (secondary N) is 1. The molecule has 3 aliphatic rings. The average Bonchev–Trinajstić information content (AvgIpc) is 2.37. The highest BCUT2D eigenvalue weighted by Crippen LogP contribution is 2.40. The third-order valence-electron chi connectivity index (χ3n) is 2.24. The van der Waals surface area contributed by atoms with Crippen molar-refractivity contribution in [3.63, 3.8) is 0 Å². The van der Waals surface area contributed by atoms with Crippen molar-refractivity contribution in [2.24, 2.45) is 0 Å².